The van der Waals surface area contributed by atoms with Gasteiger partial charge in [0.15, 0.2) is 0 Å². The molecule has 0 aliphatic heterocycles. The molecular weight excluding hydrogens is 170 g/mol. The van der Waals surface area contributed by atoms with Crippen LogP contribution in [-0.2, 0) is 0 Å². The minimum atomic E-state index is 0.890. The normalized spacial score (nSPS) is 15.4. The Kier molecular flexibility index (Phi) is 9.49. The Hall–Kier alpha value is -0.0400. The molecule has 0 spiro atoms. The van der Waals surface area contributed by atoms with Crippen molar-refractivity contribution in [1.29, 1.82) is 0 Å². The van der Waals surface area contributed by atoms with Crippen molar-refractivity contribution in [2.45, 2.75) is 59.8 Å². The van der Waals surface area contributed by atoms with E-state index in [0.717, 1.165) is 11.8 Å². The zero-order valence-corrected chi connectivity index (χ0v) is 10.6. The summed E-state index contributed by atoms with van der Waals surface area (Å²) in [6, 6.07) is 0. The molecule has 0 bridgehead atoms. The minimum absolute atomic E-state index is 0.890. The summed E-state index contributed by atoms with van der Waals surface area (Å²) in [5.41, 5.74) is 0. The van der Waals surface area contributed by atoms with Crippen LogP contribution in [0.15, 0.2) is 0 Å². The average molecular weight is 199 g/mol. The van der Waals surface area contributed by atoms with Crippen LogP contribution >= 0.6 is 0 Å². The molecule has 1 N–H and O–H groups in total. The Labute approximate surface area is 90.7 Å². The van der Waals surface area contributed by atoms with Crippen LogP contribution in [-0.4, -0.2) is 13.1 Å². The number of hydrogen-bond donors (Lipinski definition) is 1. The Morgan fingerprint density at radius 2 is 1.50 bits per heavy atom. The molecule has 0 saturated carbocycles. The van der Waals surface area contributed by atoms with Crippen LogP contribution in [0.2, 0.25) is 0 Å². The van der Waals surface area contributed by atoms with E-state index in [1.807, 2.05) is 0 Å². The maximum atomic E-state index is 3.47. The van der Waals surface area contributed by atoms with Crippen LogP contribution in [0.3, 0.4) is 0 Å². The molecule has 0 heterocycles. The molecule has 2 unspecified atom stereocenters. The van der Waals surface area contributed by atoms with Crippen LogP contribution in [0.1, 0.15) is 59.8 Å². The SMILES string of the molecule is CCCNCCC(C)CC(C)CCC. The van der Waals surface area contributed by atoms with Gasteiger partial charge in [-0.2, -0.15) is 0 Å². The zero-order valence-electron chi connectivity index (χ0n) is 10.6. The second kappa shape index (κ2) is 9.51. The molecule has 0 aromatic carbocycles. The van der Waals surface area contributed by atoms with Gasteiger partial charge < -0.3 is 5.32 Å². The van der Waals surface area contributed by atoms with E-state index >= 15 is 0 Å². The highest BCUT2D eigenvalue weighted by Crippen LogP contribution is 2.18. The predicted molar refractivity (Wildman–Crippen MR) is 65.6 cm³/mol. The molecule has 0 aliphatic carbocycles. The fourth-order valence-electron chi connectivity index (χ4n) is 2.07. The van der Waals surface area contributed by atoms with Crippen LogP contribution in [0.4, 0.5) is 0 Å². The summed E-state index contributed by atoms with van der Waals surface area (Å²) in [4.78, 5) is 0. The van der Waals surface area contributed by atoms with Gasteiger partial charge in [0, 0.05) is 0 Å². The summed E-state index contributed by atoms with van der Waals surface area (Å²) in [6.45, 7) is 11.7. The molecular formula is C13H29N. The lowest BCUT2D eigenvalue weighted by atomic mass is 9.92. The molecule has 1 nitrogen and oxygen atoms in total. The predicted octanol–water partition coefficient (Wildman–Crippen LogP) is 3.84. The van der Waals surface area contributed by atoms with Gasteiger partial charge in [-0.1, -0.05) is 40.5 Å². The third-order valence-corrected chi connectivity index (χ3v) is 2.83. The van der Waals surface area contributed by atoms with E-state index in [4.69, 9.17) is 0 Å². The molecule has 0 aromatic rings. The van der Waals surface area contributed by atoms with Crippen molar-refractivity contribution in [3.8, 4) is 0 Å². The molecule has 0 radical (unpaired) electrons. The van der Waals surface area contributed by atoms with Gasteiger partial charge >= 0.3 is 0 Å². The van der Waals surface area contributed by atoms with Crippen molar-refractivity contribution in [1.82, 2.24) is 5.32 Å². The molecule has 0 aliphatic rings. The second-order valence-corrected chi connectivity index (χ2v) is 4.77. The Balaban J connectivity index is 3.30. The molecule has 0 aromatic heterocycles. The number of rotatable bonds is 9. The fraction of sp³-hybridized carbons (Fsp3) is 1.00. The largest absolute Gasteiger partial charge is 0.317 e. The lowest BCUT2D eigenvalue weighted by molar-refractivity contribution is 0.370. The Bertz CT molecular complexity index is 112. The Morgan fingerprint density at radius 3 is 2.07 bits per heavy atom. The van der Waals surface area contributed by atoms with E-state index in [1.54, 1.807) is 0 Å². The lowest BCUT2D eigenvalue weighted by Gasteiger charge is -2.16. The monoisotopic (exact) mass is 199 g/mol. The average Bonchev–Trinajstić information content (AvgIpc) is 2.13. The highest BCUT2D eigenvalue weighted by molar-refractivity contribution is 4.61. The van der Waals surface area contributed by atoms with Crippen molar-refractivity contribution in [2.75, 3.05) is 13.1 Å². The number of nitrogens with one attached hydrogen (secondary N) is 1. The molecule has 86 valence electrons. The van der Waals surface area contributed by atoms with Gasteiger partial charge in [0.25, 0.3) is 0 Å². The van der Waals surface area contributed by atoms with Crippen molar-refractivity contribution < 1.29 is 0 Å². The highest BCUT2D eigenvalue weighted by Gasteiger charge is 2.07. The van der Waals surface area contributed by atoms with Crippen molar-refractivity contribution in [3.63, 3.8) is 0 Å². The summed E-state index contributed by atoms with van der Waals surface area (Å²) in [6.07, 6.45) is 6.73. The first-order valence-electron chi connectivity index (χ1n) is 6.41. The van der Waals surface area contributed by atoms with Crippen LogP contribution < -0.4 is 5.32 Å². The quantitative estimate of drug-likeness (QED) is 0.556. The summed E-state index contributed by atoms with van der Waals surface area (Å²) in [5.74, 6) is 1.81. The molecule has 0 saturated heterocycles. The molecule has 2 atom stereocenters. The smallest absolute Gasteiger partial charge is 0.00464 e. The maximum Gasteiger partial charge on any atom is -0.00464 e. The van der Waals surface area contributed by atoms with E-state index in [0.29, 0.717) is 0 Å². The van der Waals surface area contributed by atoms with E-state index in [9.17, 15) is 0 Å². The van der Waals surface area contributed by atoms with Crippen molar-refractivity contribution in [3.05, 3.63) is 0 Å². The summed E-state index contributed by atoms with van der Waals surface area (Å²) in [7, 11) is 0. The minimum Gasteiger partial charge on any atom is -0.317 e. The molecule has 0 rings (SSSR count). The van der Waals surface area contributed by atoms with Crippen LogP contribution in [0, 0.1) is 11.8 Å². The van der Waals surface area contributed by atoms with Gasteiger partial charge in [0.05, 0.1) is 0 Å². The van der Waals surface area contributed by atoms with Gasteiger partial charge in [0.1, 0.15) is 0 Å². The number of hydrogen-bond acceptors (Lipinski definition) is 1. The third-order valence-electron chi connectivity index (χ3n) is 2.83. The van der Waals surface area contributed by atoms with Crippen LogP contribution in [0.25, 0.3) is 0 Å². The second-order valence-electron chi connectivity index (χ2n) is 4.77. The van der Waals surface area contributed by atoms with E-state index in [1.165, 1.54) is 45.2 Å². The fourth-order valence-corrected chi connectivity index (χ4v) is 2.07. The van der Waals surface area contributed by atoms with E-state index in [2.05, 4.69) is 33.0 Å². The summed E-state index contributed by atoms with van der Waals surface area (Å²) >= 11 is 0. The topological polar surface area (TPSA) is 12.0 Å². The van der Waals surface area contributed by atoms with E-state index in [-0.39, 0.29) is 0 Å². The molecule has 1 heteroatoms. The van der Waals surface area contributed by atoms with Gasteiger partial charge in [-0.25, -0.2) is 0 Å². The van der Waals surface area contributed by atoms with Crippen LogP contribution in [0.5, 0.6) is 0 Å². The summed E-state index contributed by atoms with van der Waals surface area (Å²) in [5, 5.41) is 3.47. The van der Waals surface area contributed by atoms with Crippen molar-refractivity contribution in [2.24, 2.45) is 11.8 Å². The Morgan fingerprint density at radius 1 is 0.857 bits per heavy atom. The first-order valence-corrected chi connectivity index (χ1v) is 6.41. The molecule has 0 amide bonds. The van der Waals surface area contributed by atoms with Gasteiger partial charge in [-0.3, -0.25) is 0 Å². The van der Waals surface area contributed by atoms with Gasteiger partial charge in [0.2, 0.25) is 0 Å². The lowest BCUT2D eigenvalue weighted by Crippen LogP contribution is -2.18. The van der Waals surface area contributed by atoms with Gasteiger partial charge in [-0.05, 0) is 44.2 Å². The van der Waals surface area contributed by atoms with E-state index < -0.39 is 0 Å². The molecule has 14 heavy (non-hydrogen) atoms. The maximum absolute atomic E-state index is 3.47. The zero-order chi connectivity index (χ0) is 10.8. The third kappa shape index (κ3) is 8.55. The summed E-state index contributed by atoms with van der Waals surface area (Å²) < 4.78 is 0. The first-order chi connectivity index (χ1) is 6.70. The van der Waals surface area contributed by atoms with Gasteiger partial charge in [-0.15, -0.1) is 0 Å². The highest BCUT2D eigenvalue weighted by atomic mass is 14.8. The standard InChI is InChI=1S/C13H29N/c1-5-7-12(3)11-13(4)8-10-14-9-6-2/h12-14H,5-11H2,1-4H3. The molecule has 0 fully saturated rings. The first kappa shape index (κ1) is 14.0. The van der Waals surface area contributed by atoms with Crippen molar-refractivity contribution >= 4 is 0 Å².